The van der Waals surface area contributed by atoms with E-state index in [1.807, 2.05) is 0 Å². The second kappa shape index (κ2) is 5.58. The fraction of sp³-hybridized carbons (Fsp3) is 0.538. The molecule has 0 saturated carbocycles. The maximum Gasteiger partial charge on any atom is 0.453 e. The van der Waals surface area contributed by atoms with Gasteiger partial charge in [-0.3, -0.25) is 0 Å². The summed E-state index contributed by atoms with van der Waals surface area (Å²) in [5.41, 5.74) is -1.50. The zero-order chi connectivity index (χ0) is 17.5. The van der Waals surface area contributed by atoms with Crippen molar-refractivity contribution in [1.29, 1.82) is 0 Å². The average molecular weight is 336 g/mol. The Bertz CT molecular complexity index is 544. The predicted molar refractivity (Wildman–Crippen MR) is 62.0 cm³/mol. The number of aromatic hydroxyl groups is 1. The van der Waals surface area contributed by atoms with Gasteiger partial charge in [-0.25, -0.2) is 0 Å². The lowest BCUT2D eigenvalue weighted by Gasteiger charge is -2.23. The van der Waals surface area contributed by atoms with Gasteiger partial charge in [0, 0.05) is 12.0 Å². The number of rotatable bonds is 3. The first-order valence-corrected chi connectivity index (χ1v) is 6.00. The van der Waals surface area contributed by atoms with E-state index in [-0.39, 0.29) is 5.56 Å². The van der Waals surface area contributed by atoms with Gasteiger partial charge in [0.1, 0.15) is 5.75 Å². The molecule has 0 spiro atoms. The Morgan fingerprint density at radius 3 is 1.91 bits per heavy atom. The monoisotopic (exact) mass is 336 g/mol. The first-order valence-electron chi connectivity index (χ1n) is 6.00. The Kier molecular flexibility index (Phi) is 4.70. The first kappa shape index (κ1) is 18.5. The second-order valence-electron chi connectivity index (χ2n) is 4.98. The fourth-order valence-electron chi connectivity index (χ4n) is 1.81. The maximum atomic E-state index is 13.1. The van der Waals surface area contributed by atoms with Gasteiger partial charge in [0.15, 0.2) is 0 Å². The van der Waals surface area contributed by atoms with Crippen LogP contribution in [0.2, 0.25) is 0 Å². The number of hydrogen-bond acceptors (Lipinski definition) is 1. The van der Waals surface area contributed by atoms with Gasteiger partial charge in [0.25, 0.3) is 0 Å². The highest BCUT2D eigenvalue weighted by Gasteiger charge is 2.57. The van der Waals surface area contributed by atoms with Crippen molar-refractivity contribution >= 4 is 0 Å². The Morgan fingerprint density at radius 2 is 1.50 bits per heavy atom. The van der Waals surface area contributed by atoms with Crippen molar-refractivity contribution in [3.8, 4) is 5.75 Å². The molecule has 0 radical (unpaired) electrons. The molecular weight excluding hydrogens is 324 g/mol. The second-order valence-corrected chi connectivity index (χ2v) is 4.98. The summed E-state index contributed by atoms with van der Waals surface area (Å²) in [6, 6.07) is 1.29. The highest BCUT2D eigenvalue weighted by molar-refractivity contribution is 5.44. The number of hydrogen-bond donors (Lipinski definition) is 1. The molecule has 1 aromatic rings. The predicted octanol–water partition coefficient (Wildman–Crippen LogP) is 5.11. The largest absolute Gasteiger partial charge is 0.508 e. The Balaban J connectivity index is 3.29. The van der Waals surface area contributed by atoms with Crippen LogP contribution in [0.15, 0.2) is 12.1 Å². The van der Waals surface area contributed by atoms with E-state index in [4.69, 9.17) is 0 Å². The van der Waals surface area contributed by atoms with E-state index in [1.165, 1.54) is 0 Å². The molecule has 1 rings (SSSR count). The van der Waals surface area contributed by atoms with Crippen molar-refractivity contribution in [1.82, 2.24) is 0 Å². The molecule has 0 bridgehead atoms. The molecular formula is C13H12F8O. The third-order valence-corrected chi connectivity index (χ3v) is 3.27. The van der Waals surface area contributed by atoms with E-state index in [9.17, 15) is 40.2 Å². The third-order valence-electron chi connectivity index (χ3n) is 3.27. The summed E-state index contributed by atoms with van der Waals surface area (Å²) >= 11 is 0. The minimum atomic E-state index is -5.81. The van der Waals surface area contributed by atoms with Gasteiger partial charge in [-0.2, -0.15) is 35.1 Å². The summed E-state index contributed by atoms with van der Waals surface area (Å²) in [6.45, 7) is 1.81. The molecule has 126 valence electrons. The Labute approximate surface area is 120 Å². The van der Waals surface area contributed by atoms with Gasteiger partial charge in [0.2, 0.25) is 0 Å². The van der Waals surface area contributed by atoms with Crippen molar-refractivity contribution in [2.45, 2.75) is 44.5 Å². The van der Waals surface area contributed by atoms with Crippen molar-refractivity contribution in [3.05, 3.63) is 28.8 Å². The van der Waals surface area contributed by atoms with Gasteiger partial charge in [-0.1, -0.05) is 6.07 Å². The molecule has 1 nitrogen and oxygen atoms in total. The van der Waals surface area contributed by atoms with Gasteiger partial charge < -0.3 is 5.11 Å². The Hall–Kier alpha value is -1.54. The average Bonchev–Trinajstić information content (AvgIpc) is 2.29. The molecule has 0 fully saturated rings. The summed E-state index contributed by atoms with van der Waals surface area (Å²) in [5, 5.41) is 9.50. The van der Waals surface area contributed by atoms with Crippen molar-refractivity contribution in [2.75, 3.05) is 0 Å². The van der Waals surface area contributed by atoms with E-state index in [0.717, 1.165) is 13.0 Å². The zero-order valence-corrected chi connectivity index (χ0v) is 11.4. The smallest absolute Gasteiger partial charge is 0.453 e. The van der Waals surface area contributed by atoms with Crippen LogP contribution in [-0.4, -0.2) is 23.4 Å². The van der Waals surface area contributed by atoms with Crippen LogP contribution in [0.1, 0.15) is 29.5 Å². The number of aryl methyl sites for hydroxylation is 1. The van der Waals surface area contributed by atoms with Crippen molar-refractivity contribution in [2.24, 2.45) is 0 Å². The maximum absolute atomic E-state index is 13.1. The van der Waals surface area contributed by atoms with Crippen LogP contribution >= 0.6 is 0 Å². The molecule has 22 heavy (non-hydrogen) atoms. The third kappa shape index (κ3) is 3.80. The molecule has 0 aromatic heterocycles. The standard InChI is InChI=1S/C13H12F8O/c1-6-3-10(22)9(7(2)12(16,17)18)4-8(6)5-11(14,15)13(19,20)21/h3-4,7,22H,5H2,1-2H3. The van der Waals surface area contributed by atoms with Crippen LogP contribution in [0.3, 0.4) is 0 Å². The normalized spacial score (nSPS) is 15.0. The van der Waals surface area contributed by atoms with Gasteiger partial charge >= 0.3 is 18.3 Å². The summed E-state index contributed by atoms with van der Waals surface area (Å²) < 4.78 is 101. The first-order chi connectivity index (χ1) is 9.67. The van der Waals surface area contributed by atoms with Crippen LogP contribution in [0.5, 0.6) is 5.75 Å². The lowest BCUT2D eigenvalue weighted by Crippen LogP contribution is -2.38. The van der Waals surface area contributed by atoms with Crippen LogP contribution < -0.4 is 0 Å². The van der Waals surface area contributed by atoms with Crippen molar-refractivity contribution in [3.63, 3.8) is 0 Å². The molecule has 0 heterocycles. The summed E-state index contributed by atoms with van der Waals surface area (Å²) in [4.78, 5) is 0. The number of alkyl halides is 8. The molecule has 1 aromatic carbocycles. The van der Waals surface area contributed by atoms with E-state index in [0.29, 0.717) is 13.0 Å². The molecule has 9 heteroatoms. The van der Waals surface area contributed by atoms with Gasteiger partial charge in [-0.15, -0.1) is 0 Å². The van der Waals surface area contributed by atoms with Crippen molar-refractivity contribution < 1.29 is 40.2 Å². The topological polar surface area (TPSA) is 20.2 Å². The number of benzene rings is 1. The quantitative estimate of drug-likeness (QED) is 0.761. The summed E-state index contributed by atoms with van der Waals surface area (Å²) in [7, 11) is 0. The number of halogens is 8. The highest BCUT2D eigenvalue weighted by Crippen LogP contribution is 2.42. The van der Waals surface area contributed by atoms with E-state index >= 15 is 0 Å². The highest BCUT2D eigenvalue weighted by atomic mass is 19.4. The minimum absolute atomic E-state index is 0.153. The molecule has 0 saturated heterocycles. The Morgan fingerprint density at radius 1 is 1.00 bits per heavy atom. The lowest BCUT2D eigenvalue weighted by atomic mass is 9.92. The molecule has 0 aliphatic heterocycles. The van der Waals surface area contributed by atoms with E-state index in [2.05, 4.69) is 0 Å². The summed E-state index contributed by atoms with van der Waals surface area (Å²) in [6.07, 6.45) is -12.4. The molecule has 0 aliphatic carbocycles. The number of phenolic OH excluding ortho intramolecular Hbond substituents is 1. The summed E-state index contributed by atoms with van der Waals surface area (Å²) in [5.74, 6) is -8.08. The van der Waals surface area contributed by atoms with E-state index < -0.39 is 47.5 Å². The lowest BCUT2D eigenvalue weighted by molar-refractivity contribution is -0.281. The molecule has 1 atom stereocenters. The van der Waals surface area contributed by atoms with Crippen LogP contribution in [0.25, 0.3) is 0 Å². The zero-order valence-electron chi connectivity index (χ0n) is 11.4. The SMILES string of the molecule is Cc1cc(O)c(C(C)C(F)(F)F)cc1CC(F)(F)C(F)(F)F. The van der Waals surface area contributed by atoms with Gasteiger partial charge in [-0.05, 0) is 31.0 Å². The fourth-order valence-corrected chi connectivity index (χ4v) is 1.81. The molecule has 1 unspecified atom stereocenters. The van der Waals surface area contributed by atoms with Crippen LogP contribution in [0, 0.1) is 6.92 Å². The van der Waals surface area contributed by atoms with Crippen LogP contribution in [0.4, 0.5) is 35.1 Å². The minimum Gasteiger partial charge on any atom is -0.508 e. The molecule has 0 amide bonds. The molecule has 0 aliphatic rings. The molecule has 1 N–H and O–H groups in total. The van der Waals surface area contributed by atoms with Gasteiger partial charge in [0.05, 0.1) is 5.92 Å². The van der Waals surface area contributed by atoms with Crippen LogP contribution in [-0.2, 0) is 6.42 Å². The number of phenols is 1. The van der Waals surface area contributed by atoms with E-state index in [1.54, 1.807) is 0 Å².